The topological polar surface area (TPSA) is 88.3 Å². The number of pyridine rings is 1. The summed E-state index contributed by atoms with van der Waals surface area (Å²) in [6, 6.07) is 10.4. The van der Waals surface area contributed by atoms with E-state index in [0.717, 1.165) is 31.5 Å². The second-order valence-corrected chi connectivity index (χ2v) is 5.79. The molecule has 2 amide bonds. The highest BCUT2D eigenvalue weighted by atomic mass is 16.2. The number of nitrogens with two attached hydrogens (primary N) is 1. The Balaban J connectivity index is 1.83. The van der Waals surface area contributed by atoms with Crippen LogP contribution < -0.4 is 11.1 Å². The Morgan fingerprint density at radius 2 is 1.96 bits per heavy atom. The van der Waals surface area contributed by atoms with Crippen LogP contribution in [-0.2, 0) is 6.54 Å². The van der Waals surface area contributed by atoms with Crippen LogP contribution in [0.2, 0.25) is 0 Å². The lowest BCUT2D eigenvalue weighted by Crippen LogP contribution is -2.28. The summed E-state index contributed by atoms with van der Waals surface area (Å²) in [5, 5.41) is 2.79. The van der Waals surface area contributed by atoms with Gasteiger partial charge in [-0.25, -0.2) is 0 Å². The Morgan fingerprint density at radius 3 is 2.62 bits per heavy atom. The third kappa shape index (κ3) is 3.60. The van der Waals surface area contributed by atoms with E-state index in [1.807, 2.05) is 4.90 Å². The molecule has 6 heteroatoms. The predicted octanol–water partition coefficient (Wildman–Crippen LogP) is 2.03. The molecule has 0 radical (unpaired) electrons. The average molecular weight is 324 g/mol. The van der Waals surface area contributed by atoms with E-state index in [9.17, 15) is 9.59 Å². The van der Waals surface area contributed by atoms with Crippen molar-refractivity contribution in [1.29, 1.82) is 0 Å². The van der Waals surface area contributed by atoms with Gasteiger partial charge in [0, 0.05) is 37.1 Å². The number of rotatable bonds is 4. The highest BCUT2D eigenvalue weighted by Gasteiger charge is 2.20. The number of benzene rings is 1. The average Bonchev–Trinajstić information content (AvgIpc) is 3.16. The molecule has 1 aliphatic heterocycles. The second kappa shape index (κ2) is 7.23. The number of amides is 2. The molecule has 0 bridgehead atoms. The van der Waals surface area contributed by atoms with Crippen LogP contribution in [0, 0.1) is 0 Å². The summed E-state index contributed by atoms with van der Waals surface area (Å²) >= 11 is 0. The first-order chi connectivity index (χ1) is 11.7. The molecular weight excluding hydrogens is 304 g/mol. The van der Waals surface area contributed by atoms with Gasteiger partial charge in [0.25, 0.3) is 11.8 Å². The molecule has 1 aliphatic rings. The van der Waals surface area contributed by atoms with Gasteiger partial charge < -0.3 is 16.0 Å². The van der Waals surface area contributed by atoms with Crippen molar-refractivity contribution in [3.63, 3.8) is 0 Å². The summed E-state index contributed by atoms with van der Waals surface area (Å²) in [7, 11) is 0. The van der Waals surface area contributed by atoms with Gasteiger partial charge in [0.2, 0.25) is 0 Å². The fourth-order valence-corrected chi connectivity index (χ4v) is 2.80. The lowest BCUT2D eigenvalue weighted by atomic mass is 10.1. The molecule has 0 spiro atoms. The molecule has 0 aliphatic carbocycles. The molecule has 6 nitrogen and oxygen atoms in total. The lowest BCUT2D eigenvalue weighted by molar-refractivity contribution is 0.0792. The summed E-state index contributed by atoms with van der Waals surface area (Å²) in [6.07, 6.45) is 3.63. The Hall–Kier alpha value is -2.73. The normalized spacial score (nSPS) is 13.8. The molecular formula is C18H20N4O2. The molecule has 1 aromatic heterocycles. The van der Waals surface area contributed by atoms with E-state index in [1.54, 1.807) is 42.6 Å². The van der Waals surface area contributed by atoms with Gasteiger partial charge in [0.1, 0.15) is 5.69 Å². The highest BCUT2D eigenvalue weighted by Crippen LogP contribution is 2.19. The van der Waals surface area contributed by atoms with E-state index in [2.05, 4.69) is 10.3 Å². The van der Waals surface area contributed by atoms with Crippen LogP contribution in [0.1, 0.15) is 39.3 Å². The molecule has 1 aromatic carbocycles. The molecule has 0 unspecified atom stereocenters. The van der Waals surface area contributed by atoms with Crippen LogP contribution in [0.4, 0.5) is 5.69 Å². The van der Waals surface area contributed by atoms with Gasteiger partial charge >= 0.3 is 0 Å². The van der Waals surface area contributed by atoms with Crippen molar-refractivity contribution in [2.45, 2.75) is 19.4 Å². The van der Waals surface area contributed by atoms with E-state index < -0.39 is 0 Å². The van der Waals surface area contributed by atoms with Gasteiger partial charge in [-0.2, -0.15) is 0 Å². The first-order valence-corrected chi connectivity index (χ1v) is 8.03. The molecule has 124 valence electrons. The first kappa shape index (κ1) is 16.1. The van der Waals surface area contributed by atoms with E-state index in [4.69, 9.17) is 5.73 Å². The fourth-order valence-electron chi connectivity index (χ4n) is 2.80. The molecule has 3 N–H and O–H groups in total. The minimum absolute atomic E-state index is 0.0175. The van der Waals surface area contributed by atoms with Gasteiger partial charge in [-0.3, -0.25) is 14.6 Å². The predicted molar refractivity (Wildman–Crippen MR) is 91.7 cm³/mol. The van der Waals surface area contributed by atoms with E-state index in [0.29, 0.717) is 23.5 Å². The number of nitrogens with one attached hydrogen (secondary N) is 1. The maximum absolute atomic E-state index is 12.6. The van der Waals surface area contributed by atoms with Crippen LogP contribution in [0.25, 0.3) is 0 Å². The minimum Gasteiger partial charge on any atom is -0.339 e. The third-order valence-electron chi connectivity index (χ3n) is 4.02. The number of nitrogens with zero attached hydrogens (tertiary/aromatic N) is 2. The van der Waals surface area contributed by atoms with Crippen LogP contribution in [-0.4, -0.2) is 34.8 Å². The summed E-state index contributed by atoms with van der Waals surface area (Å²) in [5.74, 6) is -0.333. The van der Waals surface area contributed by atoms with E-state index in [1.165, 1.54) is 0 Å². The smallest absolute Gasteiger partial charge is 0.274 e. The SMILES string of the molecule is NCc1cc(NC(=O)c2ccccn2)cc(C(=O)N2CCCC2)c1. The van der Waals surface area contributed by atoms with Gasteiger partial charge in [0.15, 0.2) is 0 Å². The standard InChI is InChI=1S/C18H20N4O2/c19-12-13-9-14(18(24)22-7-3-4-8-22)11-15(10-13)21-17(23)16-5-1-2-6-20-16/h1-2,5-6,9-11H,3-4,7-8,12,19H2,(H,21,23). The molecule has 1 saturated heterocycles. The van der Waals surface area contributed by atoms with Crippen molar-refractivity contribution in [2.75, 3.05) is 18.4 Å². The Kier molecular flexibility index (Phi) is 4.86. The van der Waals surface area contributed by atoms with Gasteiger partial charge in [-0.05, 0) is 48.7 Å². The van der Waals surface area contributed by atoms with Crippen molar-refractivity contribution < 1.29 is 9.59 Å². The number of hydrogen-bond acceptors (Lipinski definition) is 4. The van der Waals surface area contributed by atoms with Crippen molar-refractivity contribution in [2.24, 2.45) is 5.73 Å². The minimum atomic E-state index is -0.315. The Bertz CT molecular complexity index is 740. The van der Waals surface area contributed by atoms with E-state index in [-0.39, 0.29) is 11.8 Å². The molecule has 0 atom stereocenters. The Morgan fingerprint density at radius 1 is 1.17 bits per heavy atom. The summed E-state index contributed by atoms with van der Waals surface area (Å²) < 4.78 is 0. The Labute approximate surface area is 140 Å². The number of aromatic nitrogens is 1. The zero-order valence-corrected chi connectivity index (χ0v) is 13.4. The molecule has 0 saturated carbocycles. The molecule has 2 heterocycles. The van der Waals surface area contributed by atoms with Crippen molar-refractivity contribution in [3.8, 4) is 0 Å². The first-order valence-electron chi connectivity index (χ1n) is 8.03. The third-order valence-corrected chi connectivity index (χ3v) is 4.02. The van der Waals surface area contributed by atoms with Gasteiger partial charge in [0.05, 0.1) is 0 Å². The molecule has 24 heavy (non-hydrogen) atoms. The highest BCUT2D eigenvalue weighted by molar-refractivity contribution is 6.04. The number of carbonyl (C=O) groups is 2. The van der Waals surface area contributed by atoms with Crippen molar-refractivity contribution in [1.82, 2.24) is 9.88 Å². The number of anilines is 1. The van der Waals surface area contributed by atoms with Gasteiger partial charge in [-0.15, -0.1) is 0 Å². The summed E-state index contributed by atoms with van der Waals surface area (Å²) in [5.41, 5.74) is 7.96. The van der Waals surface area contributed by atoms with Crippen LogP contribution >= 0.6 is 0 Å². The van der Waals surface area contributed by atoms with Crippen LogP contribution in [0.5, 0.6) is 0 Å². The van der Waals surface area contributed by atoms with Crippen molar-refractivity contribution >= 4 is 17.5 Å². The monoisotopic (exact) mass is 324 g/mol. The fraction of sp³-hybridized carbons (Fsp3) is 0.278. The van der Waals surface area contributed by atoms with Gasteiger partial charge in [-0.1, -0.05) is 6.07 Å². The van der Waals surface area contributed by atoms with Crippen molar-refractivity contribution in [3.05, 3.63) is 59.4 Å². The lowest BCUT2D eigenvalue weighted by Gasteiger charge is -2.17. The zero-order chi connectivity index (χ0) is 16.9. The van der Waals surface area contributed by atoms with E-state index >= 15 is 0 Å². The number of likely N-dealkylation sites (tertiary alicyclic amines) is 1. The maximum atomic E-state index is 12.6. The molecule has 1 fully saturated rings. The molecule has 2 aromatic rings. The van der Waals surface area contributed by atoms with Crippen LogP contribution in [0.3, 0.4) is 0 Å². The second-order valence-electron chi connectivity index (χ2n) is 5.79. The zero-order valence-electron chi connectivity index (χ0n) is 13.4. The molecule has 3 rings (SSSR count). The number of carbonyl (C=O) groups excluding carboxylic acids is 2. The summed E-state index contributed by atoms with van der Waals surface area (Å²) in [4.78, 5) is 30.7. The largest absolute Gasteiger partial charge is 0.339 e. The maximum Gasteiger partial charge on any atom is 0.274 e. The number of hydrogen-bond donors (Lipinski definition) is 2. The summed E-state index contributed by atoms with van der Waals surface area (Å²) in [6.45, 7) is 1.86. The quantitative estimate of drug-likeness (QED) is 0.900. The van der Waals surface area contributed by atoms with Crippen LogP contribution in [0.15, 0.2) is 42.6 Å².